The zero-order chi connectivity index (χ0) is 16.1. The standard InChI is InChI=1S/C15H20O7/c1-9(17)21-13-12(18)11(7-16)22-15(19)14(13)20-8-10-5-3-2-4-6-10/h2-6,11-16,18-19H,7-8H2,1H3/t11-,12+,13-,14+,15+/m0/s1. The molecule has 7 nitrogen and oxygen atoms in total. The van der Waals surface area contributed by atoms with Gasteiger partial charge in [-0.15, -0.1) is 0 Å². The zero-order valence-corrected chi connectivity index (χ0v) is 12.2. The van der Waals surface area contributed by atoms with Gasteiger partial charge in [-0.2, -0.15) is 0 Å². The van der Waals surface area contributed by atoms with Gasteiger partial charge < -0.3 is 29.5 Å². The fourth-order valence-electron chi connectivity index (χ4n) is 2.33. The largest absolute Gasteiger partial charge is 0.457 e. The minimum absolute atomic E-state index is 0.153. The number of rotatable bonds is 5. The second kappa shape index (κ2) is 7.66. The number of aliphatic hydroxyl groups is 3. The maximum Gasteiger partial charge on any atom is 0.303 e. The number of ether oxygens (including phenoxy) is 3. The van der Waals surface area contributed by atoms with E-state index in [1.807, 2.05) is 30.3 Å². The van der Waals surface area contributed by atoms with Crippen molar-refractivity contribution in [1.82, 2.24) is 0 Å². The van der Waals surface area contributed by atoms with Crippen molar-refractivity contribution in [1.29, 1.82) is 0 Å². The third-order valence-corrected chi connectivity index (χ3v) is 3.40. The summed E-state index contributed by atoms with van der Waals surface area (Å²) in [6.45, 7) is 0.832. The smallest absolute Gasteiger partial charge is 0.303 e. The van der Waals surface area contributed by atoms with E-state index in [-0.39, 0.29) is 6.61 Å². The van der Waals surface area contributed by atoms with E-state index < -0.39 is 43.3 Å². The topological polar surface area (TPSA) is 105 Å². The molecule has 1 fully saturated rings. The molecule has 0 saturated carbocycles. The molecule has 0 radical (unpaired) electrons. The van der Waals surface area contributed by atoms with Gasteiger partial charge in [0.25, 0.3) is 0 Å². The molecule has 5 atom stereocenters. The Morgan fingerprint density at radius 3 is 2.50 bits per heavy atom. The Morgan fingerprint density at radius 2 is 1.91 bits per heavy atom. The van der Waals surface area contributed by atoms with Crippen LogP contribution in [0.1, 0.15) is 12.5 Å². The number of aliphatic hydroxyl groups excluding tert-OH is 3. The highest BCUT2D eigenvalue weighted by Crippen LogP contribution is 2.25. The summed E-state index contributed by atoms with van der Waals surface area (Å²) in [7, 11) is 0. The second-order valence-electron chi connectivity index (χ2n) is 5.07. The van der Waals surface area contributed by atoms with Gasteiger partial charge in [0.05, 0.1) is 13.2 Å². The van der Waals surface area contributed by atoms with Crippen LogP contribution in [-0.2, 0) is 25.6 Å². The highest BCUT2D eigenvalue weighted by molar-refractivity contribution is 5.66. The van der Waals surface area contributed by atoms with Crippen molar-refractivity contribution in [3.05, 3.63) is 35.9 Å². The third kappa shape index (κ3) is 4.02. The Bertz CT molecular complexity index is 478. The fourth-order valence-corrected chi connectivity index (χ4v) is 2.33. The molecule has 0 aromatic heterocycles. The SMILES string of the molecule is CC(=O)O[C@H]1[C@H](O)[C@H](CO)O[C@@H](O)[C@@H]1OCc1ccccc1. The first-order valence-electron chi connectivity index (χ1n) is 6.98. The molecule has 1 aliphatic rings. The quantitative estimate of drug-likeness (QED) is 0.634. The summed E-state index contributed by atoms with van der Waals surface area (Å²) in [5, 5.41) is 29.2. The highest BCUT2D eigenvalue weighted by atomic mass is 16.7. The summed E-state index contributed by atoms with van der Waals surface area (Å²) in [4.78, 5) is 11.2. The van der Waals surface area contributed by atoms with Crippen LogP contribution < -0.4 is 0 Å². The number of hydrogen-bond acceptors (Lipinski definition) is 7. The first-order valence-corrected chi connectivity index (χ1v) is 6.98. The molecule has 1 aliphatic heterocycles. The maximum atomic E-state index is 11.2. The average Bonchev–Trinajstić information content (AvgIpc) is 2.50. The molecule has 1 aromatic rings. The summed E-state index contributed by atoms with van der Waals surface area (Å²) in [5.41, 5.74) is 0.857. The van der Waals surface area contributed by atoms with Gasteiger partial charge in [0.1, 0.15) is 18.3 Å². The molecule has 0 spiro atoms. The fraction of sp³-hybridized carbons (Fsp3) is 0.533. The molecule has 3 N–H and O–H groups in total. The molecule has 1 aromatic carbocycles. The minimum Gasteiger partial charge on any atom is -0.457 e. The van der Waals surface area contributed by atoms with Crippen LogP contribution in [0.4, 0.5) is 0 Å². The van der Waals surface area contributed by atoms with Gasteiger partial charge in [0.15, 0.2) is 12.4 Å². The molecule has 22 heavy (non-hydrogen) atoms. The van der Waals surface area contributed by atoms with Crippen LogP contribution in [0.15, 0.2) is 30.3 Å². The van der Waals surface area contributed by atoms with Gasteiger partial charge >= 0.3 is 5.97 Å². The van der Waals surface area contributed by atoms with Gasteiger partial charge in [-0.05, 0) is 5.56 Å². The molecular weight excluding hydrogens is 292 g/mol. The number of benzene rings is 1. The lowest BCUT2D eigenvalue weighted by Crippen LogP contribution is -2.60. The lowest BCUT2D eigenvalue weighted by molar-refractivity contribution is -0.300. The van der Waals surface area contributed by atoms with Crippen LogP contribution in [0, 0.1) is 0 Å². The summed E-state index contributed by atoms with van der Waals surface area (Å²) in [6.07, 6.45) is -5.94. The maximum absolute atomic E-state index is 11.2. The lowest BCUT2D eigenvalue weighted by atomic mass is 9.98. The van der Waals surface area contributed by atoms with E-state index in [0.717, 1.165) is 5.56 Å². The molecule has 122 valence electrons. The molecular formula is C15H20O7. The molecule has 2 rings (SSSR count). The second-order valence-corrected chi connectivity index (χ2v) is 5.07. The van der Waals surface area contributed by atoms with Crippen LogP contribution in [0.5, 0.6) is 0 Å². The number of esters is 1. The first-order chi connectivity index (χ1) is 10.5. The predicted octanol–water partition coefficient (Wildman–Crippen LogP) is -0.426. The summed E-state index contributed by atoms with van der Waals surface area (Å²) in [5.74, 6) is -0.622. The van der Waals surface area contributed by atoms with Gasteiger partial charge in [-0.3, -0.25) is 4.79 Å². The number of carbonyl (C=O) groups excluding carboxylic acids is 1. The lowest BCUT2D eigenvalue weighted by Gasteiger charge is -2.41. The molecule has 0 amide bonds. The van der Waals surface area contributed by atoms with Crippen molar-refractivity contribution in [2.24, 2.45) is 0 Å². The van der Waals surface area contributed by atoms with Gasteiger partial charge in [0, 0.05) is 6.92 Å². The molecule has 0 bridgehead atoms. The van der Waals surface area contributed by atoms with Crippen molar-refractivity contribution in [2.75, 3.05) is 6.61 Å². The van der Waals surface area contributed by atoms with Gasteiger partial charge in [0.2, 0.25) is 0 Å². The monoisotopic (exact) mass is 312 g/mol. The molecule has 1 heterocycles. The number of carbonyl (C=O) groups is 1. The summed E-state index contributed by atoms with van der Waals surface area (Å²) < 4.78 is 15.7. The van der Waals surface area contributed by atoms with Gasteiger partial charge in [-0.1, -0.05) is 30.3 Å². The Kier molecular flexibility index (Phi) is 5.87. The van der Waals surface area contributed by atoms with Crippen LogP contribution >= 0.6 is 0 Å². The van der Waals surface area contributed by atoms with E-state index in [1.54, 1.807) is 0 Å². The van der Waals surface area contributed by atoms with Crippen LogP contribution in [0.2, 0.25) is 0 Å². The average molecular weight is 312 g/mol. The van der Waals surface area contributed by atoms with E-state index in [4.69, 9.17) is 19.3 Å². The van der Waals surface area contributed by atoms with Crippen molar-refractivity contribution in [3.63, 3.8) is 0 Å². The molecule has 0 unspecified atom stereocenters. The minimum atomic E-state index is -1.42. The normalized spacial score (nSPS) is 31.7. The van der Waals surface area contributed by atoms with Crippen molar-refractivity contribution in [3.8, 4) is 0 Å². The Hall–Kier alpha value is -1.51. The highest BCUT2D eigenvalue weighted by Gasteiger charge is 2.47. The Balaban J connectivity index is 2.09. The number of hydrogen-bond donors (Lipinski definition) is 3. The Morgan fingerprint density at radius 1 is 1.23 bits per heavy atom. The Labute approximate surface area is 128 Å². The van der Waals surface area contributed by atoms with E-state index in [2.05, 4.69) is 0 Å². The van der Waals surface area contributed by atoms with Crippen molar-refractivity contribution < 1.29 is 34.3 Å². The molecule has 1 saturated heterocycles. The molecule has 0 aliphatic carbocycles. The van der Waals surface area contributed by atoms with Crippen molar-refractivity contribution in [2.45, 2.75) is 44.2 Å². The molecule has 7 heteroatoms. The van der Waals surface area contributed by atoms with E-state index in [9.17, 15) is 15.0 Å². The summed E-state index contributed by atoms with van der Waals surface area (Å²) >= 11 is 0. The van der Waals surface area contributed by atoms with E-state index in [1.165, 1.54) is 6.92 Å². The van der Waals surface area contributed by atoms with E-state index in [0.29, 0.717) is 0 Å². The van der Waals surface area contributed by atoms with Crippen LogP contribution in [0.25, 0.3) is 0 Å². The van der Waals surface area contributed by atoms with Crippen molar-refractivity contribution >= 4 is 5.97 Å². The van der Waals surface area contributed by atoms with E-state index >= 15 is 0 Å². The first kappa shape index (κ1) is 16.9. The van der Waals surface area contributed by atoms with Crippen LogP contribution in [0.3, 0.4) is 0 Å². The summed E-state index contributed by atoms with van der Waals surface area (Å²) in [6, 6.07) is 9.21. The third-order valence-electron chi connectivity index (χ3n) is 3.40. The predicted molar refractivity (Wildman–Crippen MR) is 74.5 cm³/mol. The van der Waals surface area contributed by atoms with Gasteiger partial charge in [-0.25, -0.2) is 0 Å². The van der Waals surface area contributed by atoms with Crippen LogP contribution in [-0.4, -0.2) is 58.6 Å². The zero-order valence-electron chi connectivity index (χ0n) is 12.2.